The standard InChI is InChI=1S/C20H18FN7O4/c1-10(29)22-8-18-16-9-31-17-5-12(13(21)6-15(17)28(16)20(30)32-18)11-3-4-14(23-7-11)19-24-25-26-27(19)2/h3-7,16,18H,8-9H2,1-2H3,(H,22,29)/t16-,18-/m0/s1. The van der Waals surface area contributed by atoms with E-state index in [9.17, 15) is 9.59 Å². The van der Waals surface area contributed by atoms with Gasteiger partial charge in [0.2, 0.25) is 5.91 Å². The first-order valence-corrected chi connectivity index (χ1v) is 9.82. The molecular weight excluding hydrogens is 421 g/mol. The average molecular weight is 439 g/mol. The van der Waals surface area contributed by atoms with E-state index in [0.29, 0.717) is 22.8 Å². The Balaban J connectivity index is 1.44. The number of cyclic esters (lactones) is 1. The molecule has 0 aliphatic carbocycles. The lowest BCUT2D eigenvalue weighted by atomic mass is 10.0. The van der Waals surface area contributed by atoms with E-state index >= 15 is 4.39 Å². The molecule has 11 nitrogen and oxygen atoms in total. The molecule has 1 aromatic carbocycles. The maximum absolute atomic E-state index is 15.1. The zero-order chi connectivity index (χ0) is 22.4. The number of benzene rings is 1. The van der Waals surface area contributed by atoms with Crippen LogP contribution in [0.2, 0.25) is 0 Å². The number of anilines is 1. The van der Waals surface area contributed by atoms with Crippen molar-refractivity contribution >= 4 is 17.7 Å². The fourth-order valence-electron chi connectivity index (χ4n) is 3.82. The van der Waals surface area contributed by atoms with Gasteiger partial charge in [-0.15, -0.1) is 5.10 Å². The van der Waals surface area contributed by atoms with E-state index in [4.69, 9.17) is 9.47 Å². The molecule has 2 aliphatic rings. The van der Waals surface area contributed by atoms with E-state index in [1.807, 2.05) is 0 Å². The van der Waals surface area contributed by atoms with Gasteiger partial charge >= 0.3 is 6.09 Å². The van der Waals surface area contributed by atoms with E-state index in [2.05, 4.69) is 25.8 Å². The monoisotopic (exact) mass is 439 g/mol. The molecule has 0 saturated carbocycles. The van der Waals surface area contributed by atoms with E-state index < -0.39 is 24.1 Å². The largest absolute Gasteiger partial charge is 0.489 e. The van der Waals surface area contributed by atoms with Crippen molar-refractivity contribution in [2.45, 2.75) is 19.1 Å². The predicted octanol–water partition coefficient (Wildman–Crippen LogP) is 1.30. The topological polar surface area (TPSA) is 124 Å². The van der Waals surface area contributed by atoms with Crippen molar-refractivity contribution in [3.63, 3.8) is 0 Å². The van der Waals surface area contributed by atoms with Crippen LogP contribution < -0.4 is 15.0 Å². The normalized spacial score (nSPS) is 19.1. The van der Waals surface area contributed by atoms with Gasteiger partial charge in [-0.2, -0.15) is 0 Å². The number of pyridine rings is 1. The van der Waals surface area contributed by atoms with Crippen LogP contribution in [0.1, 0.15) is 6.92 Å². The van der Waals surface area contributed by atoms with Crippen LogP contribution in [0.15, 0.2) is 30.5 Å². The summed E-state index contributed by atoms with van der Waals surface area (Å²) in [7, 11) is 1.70. The lowest BCUT2D eigenvalue weighted by Crippen LogP contribution is -2.47. The quantitative estimate of drug-likeness (QED) is 0.645. The van der Waals surface area contributed by atoms with Crippen LogP contribution in [0, 0.1) is 5.82 Å². The second-order valence-electron chi connectivity index (χ2n) is 7.47. The van der Waals surface area contributed by atoms with Crippen molar-refractivity contribution in [1.82, 2.24) is 30.5 Å². The molecule has 12 heteroatoms. The Labute approximate surface area is 181 Å². The zero-order valence-corrected chi connectivity index (χ0v) is 17.1. The second kappa shape index (κ2) is 7.55. The Bertz CT molecular complexity index is 1210. The molecule has 0 spiro atoms. The summed E-state index contributed by atoms with van der Waals surface area (Å²) in [5, 5.41) is 13.9. The third-order valence-electron chi connectivity index (χ3n) is 5.40. The third-order valence-corrected chi connectivity index (χ3v) is 5.40. The number of carbonyl (C=O) groups excluding carboxylic acids is 2. The van der Waals surface area contributed by atoms with Crippen LogP contribution in [-0.2, 0) is 16.6 Å². The summed E-state index contributed by atoms with van der Waals surface area (Å²) in [6.07, 6.45) is 0.327. The van der Waals surface area contributed by atoms with Crippen molar-refractivity contribution in [3.8, 4) is 28.4 Å². The molecule has 2 aromatic heterocycles. The summed E-state index contributed by atoms with van der Waals surface area (Å²) < 4.78 is 27.8. The number of hydrogen-bond donors (Lipinski definition) is 1. The number of fused-ring (bicyclic) bond motifs is 3. The summed E-state index contributed by atoms with van der Waals surface area (Å²) in [5.41, 5.74) is 1.64. The lowest BCUT2D eigenvalue weighted by molar-refractivity contribution is -0.119. The average Bonchev–Trinajstić information content (AvgIpc) is 3.35. The molecule has 0 bridgehead atoms. The maximum atomic E-state index is 15.1. The van der Waals surface area contributed by atoms with Gasteiger partial charge in [-0.3, -0.25) is 14.7 Å². The highest BCUT2D eigenvalue weighted by Gasteiger charge is 2.46. The van der Waals surface area contributed by atoms with Crippen LogP contribution in [0.3, 0.4) is 0 Å². The summed E-state index contributed by atoms with van der Waals surface area (Å²) in [6, 6.07) is 5.73. The molecule has 0 radical (unpaired) electrons. The molecule has 164 valence electrons. The minimum absolute atomic E-state index is 0.153. The molecule has 4 heterocycles. The molecule has 0 unspecified atom stereocenters. The lowest BCUT2D eigenvalue weighted by Gasteiger charge is -2.31. The van der Waals surface area contributed by atoms with Crippen LogP contribution >= 0.6 is 0 Å². The van der Waals surface area contributed by atoms with Gasteiger partial charge in [-0.1, -0.05) is 6.07 Å². The smallest absolute Gasteiger partial charge is 0.415 e. The number of halogens is 1. The molecule has 1 N–H and O–H groups in total. The fraction of sp³-hybridized carbons (Fsp3) is 0.300. The molecule has 1 saturated heterocycles. The second-order valence-corrected chi connectivity index (χ2v) is 7.47. The number of tetrazole rings is 1. The number of aryl methyl sites for hydroxylation is 1. The van der Waals surface area contributed by atoms with Crippen molar-refractivity contribution in [3.05, 3.63) is 36.3 Å². The van der Waals surface area contributed by atoms with Crippen molar-refractivity contribution in [1.29, 1.82) is 0 Å². The Hall–Kier alpha value is -4.09. The minimum atomic E-state index is -0.606. The minimum Gasteiger partial charge on any atom is -0.489 e. The Morgan fingerprint density at radius 2 is 2.19 bits per heavy atom. The fourth-order valence-corrected chi connectivity index (χ4v) is 3.82. The Morgan fingerprint density at radius 3 is 2.88 bits per heavy atom. The van der Waals surface area contributed by atoms with Gasteiger partial charge in [-0.25, -0.2) is 13.9 Å². The SMILES string of the molecule is CC(=O)NC[C@@H]1OC(=O)N2c3cc(F)c(-c4ccc(-c5nnnn5C)nc4)cc3OC[C@@H]12. The number of hydrogen-bond acceptors (Lipinski definition) is 8. The van der Waals surface area contributed by atoms with Gasteiger partial charge in [0, 0.05) is 37.4 Å². The molecule has 3 aromatic rings. The third kappa shape index (κ3) is 3.29. The van der Waals surface area contributed by atoms with E-state index in [0.717, 1.165) is 0 Å². The van der Waals surface area contributed by atoms with Gasteiger partial charge in [0.1, 0.15) is 36.0 Å². The predicted molar refractivity (Wildman–Crippen MR) is 108 cm³/mol. The number of ether oxygens (including phenoxy) is 2. The zero-order valence-electron chi connectivity index (χ0n) is 17.1. The van der Waals surface area contributed by atoms with Crippen molar-refractivity contribution in [2.75, 3.05) is 18.1 Å². The van der Waals surface area contributed by atoms with Crippen molar-refractivity contribution < 1.29 is 23.5 Å². The first-order chi connectivity index (χ1) is 15.4. The van der Waals surface area contributed by atoms with Crippen molar-refractivity contribution in [2.24, 2.45) is 7.05 Å². The number of nitrogens with one attached hydrogen (secondary N) is 1. The number of aromatic nitrogens is 5. The van der Waals surface area contributed by atoms with E-state index in [-0.39, 0.29) is 30.3 Å². The van der Waals surface area contributed by atoms with Crippen LogP contribution in [0.5, 0.6) is 5.75 Å². The van der Waals surface area contributed by atoms with Gasteiger partial charge in [0.25, 0.3) is 0 Å². The molecule has 32 heavy (non-hydrogen) atoms. The van der Waals surface area contributed by atoms with Crippen LogP contribution in [0.4, 0.5) is 14.9 Å². The number of rotatable bonds is 4. The summed E-state index contributed by atoms with van der Waals surface area (Å²) in [4.78, 5) is 29.4. The van der Waals surface area contributed by atoms with Gasteiger partial charge < -0.3 is 14.8 Å². The molecule has 2 atom stereocenters. The number of carbonyl (C=O) groups is 2. The summed E-state index contributed by atoms with van der Waals surface area (Å²) >= 11 is 0. The highest BCUT2D eigenvalue weighted by atomic mass is 19.1. The summed E-state index contributed by atoms with van der Waals surface area (Å²) in [5.74, 6) is 0.0675. The maximum Gasteiger partial charge on any atom is 0.415 e. The molecule has 1 fully saturated rings. The Morgan fingerprint density at radius 1 is 1.34 bits per heavy atom. The van der Waals surface area contributed by atoms with Gasteiger partial charge in [-0.05, 0) is 22.6 Å². The molecular formula is C20H18FN7O4. The molecule has 2 aliphatic heterocycles. The Kier molecular flexibility index (Phi) is 4.68. The van der Waals surface area contributed by atoms with Gasteiger partial charge in [0.05, 0.1) is 12.2 Å². The van der Waals surface area contributed by atoms with Crippen LogP contribution in [-0.4, -0.2) is 62.5 Å². The summed E-state index contributed by atoms with van der Waals surface area (Å²) in [6.45, 7) is 1.69. The van der Waals surface area contributed by atoms with Gasteiger partial charge in [0.15, 0.2) is 5.82 Å². The molecule has 5 rings (SSSR count). The number of amides is 2. The highest BCUT2D eigenvalue weighted by molar-refractivity contribution is 5.94. The number of nitrogens with zero attached hydrogens (tertiary/aromatic N) is 6. The first-order valence-electron chi connectivity index (χ1n) is 9.82. The van der Waals surface area contributed by atoms with Crippen LogP contribution in [0.25, 0.3) is 22.6 Å². The highest BCUT2D eigenvalue weighted by Crippen LogP contribution is 2.42. The van der Waals surface area contributed by atoms with E-state index in [1.54, 1.807) is 19.2 Å². The molecule has 2 amide bonds. The van der Waals surface area contributed by atoms with E-state index in [1.165, 1.54) is 34.8 Å². The first kappa shape index (κ1) is 19.8.